The van der Waals surface area contributed by atoms with Gasteiger partial charge in [-0.1, -0.05) is 30.3 Å². The number of carbonyl (C=O) groups excluding carboxylic acids is 1. The topological polar surface area (TPSA) is 35.5 Å². The fraction of sp³-hybridized carbons (Fsp3) is 0.462. The van der Waals surface area contributed by atoms with Gasteiger partial charge in [0, 0.05) is 5.92 Å². The van der Waals surface area contributed by atoms with E-state index in [9.17, 15) is 4.79 Å². The van der Waals surface area contributed by atoms with Gasteiger partial charge in [0.1, 0.15) is 0 Å². The molecule has 0 aromatic heterocycles. The first-order valence-electron chi connectivity index (χ1n) is 5.60. The number of hydrogen-bond acceptors (Lipinski definition) is 3. The van der Waals surface area contributed by atoms with E-state index in [1.807, 2.05) is 30.3 Å². The van der Waals surface area contributed by atoms with Crippen molar-refractivity contribution in [1.82, 2.24) is 0 Å². The van der Waals surface area contributed by atoms with Gasteiger partial charge in [0.15, 0.2) is 0 Å². The molecule has 1 aliphatic heterocycles. The van der Waals surface area contributed by atoms with Crippen molar-refractivity contribution in [2.45, 2.75) is 13.0 Å². The van der Waals surface area contributed by atoms with Crippen LogP contribution in [0.1, 0.15) is 12.0 Å². The van der Waals surface area contributed by atoms with Gasteiger partial charge in [-0.2, -0.15) is 0 Å². The van der Waals surface area contributed by atoms with Crippen LogP contribution in [0.25, 0.3) is 0 Å². The molecule has 1 aromatic carbocycles. The van der Waals surface area contributed by atoms with Gasteiger partial charge in [-0.3, -0.25) is 4.79 Å². The molecule has 1 saturated carbocycles. The Balaban J connectivity index is 1.53. The Kier molecular flexibility index (Phi) is 2.21. The van der Waals surface area contributed by atoms with Gasteiger partial charge in [-0.15, -0.1) is 0 Å². The molecule has 3 heteroatoms. The Morgan fingerprint density at radius 1 is 1.38 bits per heavy atom. The summed E-state index contributed by atoms with van der Waals surface area (Å²) in [5.74, 6) is 0.348. The Morgan fingerprint density at radius 3 is 2.81 bits per heavy atom. The molecule has 1 aromatic rings. The minimum absolute atomic E-state index is 0.0643. The molecule has 84 valence electrons. The normalized spacial score (nSPS) is 31.0. The summed E-state index contributed by atoms with van der Waals surface area (Å²) in [7, 11) is 0. The molecule has 0 bridgehead atoms. The first kappa shape index (κ1) is 9.85. The first-order chi connectivity index (χ1) is 7.81. The van der Waals surface area contributed by atoms with Crippen LogP contribution < -0.4 is 0 Å². The highest BCUT2D eigenvalue weighted by atomic mass is 16.5. The van der Waals surface area contributed by atoms with Crippen molar-refractivity contribution in [2.75, 3.05) is 13.2 Å². The first-order valence-corrected chi connectivity index (χ1v) is 5.60. The molecule has 3 nitrogen and oxygen atoms in total. The molecule has 0 spiro atoms. The summed E-state index contributed by atoms with van der Waals surface area (Å²) in [6, 6.07) is 10.00. The smallest absolute Gasteiger partial charge is 0.314 e. The van der Waals surface area contributed by atoms with Crippen LogP contribution in [0, 0.1) is 11.3 Å². The molecule has 1 aliphatic carbocycles. The van der Waals surface area contributed by atoms with Crippen molar-refractivity contribution < 1.29 is 14.3 Å². The molecule has 1 saturated heterocycles. The maximum Gasteiger partial charge on any atom is 0.314 e. The second-order valence-corrected chi connectivity index (χ2v) is 4.63. The van der Waals surface area contributed by atoms with Crippen molar-refractivity contribution in [3.8, 4) is 0 Å². The molecule has 0 radical (unpaired) electrons. The number of hydrogen-bond donors (Lipinski definition) is 0. The third-order valence-electron chi connectivity index (χ3n) is 3.53. The molecule has 0 N–H and O–H groups in total. The summed E-state index contributed by atoms with van der Waals surface area (Å²) in [6.07, 6.45) is 0.945. The van der Waals surface area contributed by atoms with Crippen molar-refractivity contribution in [3.05, 3.63) is 35.9 Å². The highest BCUT2D eigenvalue weighted by Crippen LogP contribution is 2.57. The predicted molar refractivity (Wildman–Crippen MR) is 57.6 cm³/mol. The highest BCUT2D eigenvalue weighted by Gasteiger charge is 2.66. The second kappa shape index (κ2) is 3.59. The SMILES string of the molecule is O=C1OCC2CC12COCc1ccccc1. The number of carbonyl (C=O) groups is 1. The molecular formula is C13H14O3. The summed E-state index contributed by atoms with van der Waals surface area (Å²) in [4.78, 5) is 11.5. The monoisotopic (exact) mass is 218 g/mol. The fourth-order valence-corrected chi connectivity index (χ4v) is 2.33. The number of esters is 1. The van der Waals surface area contributed by atoms with Crippen LogP contribution in [0.3, 0.4) is 0 Å². The Morgan fingerprint density at radius 2 is 2.19 bits per heavy atom. The molecule has 1 heterocycles. The van der Waals surface area contributed by atoms with Gasteiger partial charge >= 0.3 is 5.97 Å². The Bertz CT molecular complexity index is 401. The molecule has 3 rings (SSSR count). The van der Waals surface area contributed by atoms with Gasteiger partial charge in [0.05, 0.1) is 25.2 Å². The maximum atomic E-state index is 11.5. The van der Waals surface area contributed by atoms with Crippen LogP contribution in [0.4, 0.5) is 0 Å². The lowest BCUT2D eigenvalue weighted by molar-refractivity contribution is -0.147. The fourth-order valence-electron chi connectivity index (χ4n) is 2.33. The minimum atomic E-state index is -0.283. The lowest BCUT2D eigenvalue weighted by Gasteiger charge is -2.09. The molecule has 2 unspecified atom stereocenters. The van der Waals surface area contributed by atoms with E-state index in [0.29, 0.717) is 25.7 Å². The van der Waals surface area contributed by atoms with Crippen LogP contribution in [0.15, 0.2) is 30.3 Å². The van der Waals surface area contributed by atoms with Gasteiger partial charge < -0.3 is 9.47 Å². The zero-order chi connectivity index (χ0) is 11.0. The maximum absolute atomic E-state index is 11.5. The Hall–Kier alpha value is -1.35. The van der Waals surface area contributed by atoms with Crippen molar-refractivity contribution in [1.29, 1.82) is 0 Å². The average Bonchev–Trinajstić information content (AvgIpc) is 2.95. The van der Waals surface area contributed by atoms with Crippen LogP contribution in [-0.2, 0) is 20.9 Å². The van der Waals surface area contributed by atoms with E-state index in [1.165, 1.54) is 0 Å². The summed E-state index contributed by atoms with van der Waals surface area (Å²) in [6.45, 7) is 1.67. The zero-order valence-corrected chi connectivity index (χ0v) is 9.02. The lowest BCUT2D eigenvalue weighted by Crippen LogP contribution is -2.20. The number of ether oxygens (including phenoxy) is 2. The summed E-state index contributed by atoms with van der Waals surface area (Å²) >= 11 is 0. The third kappa shape index (κ3) is 1.52. The molecule has 2 fully saturated rings. The van der Waals surface area contributed by atoms with Crippen molar-refractivity contribution >= 4 is 5.97 Å². The van der Waals surface area contributed by atoms with Gasteiger partial charge in [0.25, 0.3) is 0 Å². The van der Waals surface area contributed by atoms with Crippen LogP contribution >= 0.6 is 0 Å². The molecular weight excluding hydrogens is 204 g/mol. The highest BCUT2D eigenvalue weighted by molar-refractivity contribution is 5.83. The number of fused-ring (bicyclic) bond motifs is 1. The van der Waals surface area contributed by atoms with E-state index >= 15 is 0 Å². The average molecular weight is 218 g/mol. The summed E-state index contributed by atoms with van der Waals surface area (Å²) in [5.41, 5.74) is 0.858. The van der Waals surface area contributed by atoms with E-state index < -0.39 is 0 Å². The summed E-state index contributed by atoms with van der Waals surface area (Å²) in [5, 5.41) is 0. The number of cyclic esters (lactones) is 1. The van der Waals surface area contributed by atoms with E-state index in [1.54, 1.807) is 0 Å². The number of benzene rings is 1. The zero-order valence-electron chi connectivity index (χ0n) is 9.02. The van der Waals surface area contributed by atoms with Gasteiger partial charge in [-0.05, 0) is 12.0 Å². The van der Waals surface area contributed by atoms with E-state index in [-0.39, 0.29) is 11.4 Å². The number of rotatable bonds is 4. The molecule has 2 atom stereocenters. The van der Waals surface area contributed by atoms with E-state index in [2.05, 4.69) is 0 Å². The van der Waals surface area contributed by atoms with Gasteiger partial charge in [0.2, 0.25) is 0 Å². The second-order valence-electron chi connectivity index (χ2n) is 4.63. The minimum Gasteiger partial charge on any atom is -0.465 e. The summed E-state index contributed by atoms with van der Waals surface area (Å²) < 4.78 is 10.6. The van der Waals surface area contributed by atoms with Crippen molar-refractivity contribution in [3.63, 3.8) is 0 Å². The lowest BCUT2D eigenvalue weighted by atomic mass is 10.1. The van der Waals surface area contributed by atoms with E-state index in [4.69, 9.17) is 9.47 Å². The Labute approximate surface area is 94.4 Å². The third-order valence-corrected chi connectivity index (χ3v) is 3.53. The molecule has 0 amide bonds. The predicted octanol–water partition coefficient (Wildman–Crippen LogP) is 1.77. The van der Waals surface area contributed by atoms with E-state index in [0.717, 1.165) is 12.0 Å². The van der Waals surface area contributed by atoms with Gasteiger partial charge in [-0.25, -0.2) is 0 Å². The largest absolute Gasteiger partial charge is 0.465 e. The van der Waals surface area contributed by atoms with Crippen LogP contribution in [-0.4, -0.2) is 19.2 Å². The van der Waals surface area contributed by atoms with Crippen LogP contribution in [0.2, 0.25) is 0 Å². The van der Waals surface area contributed by atoms with Crippen molar-refractivity contribution in [2.24, 2.45) is 11.3 Å². The molecule has 16 heavy (non-hydrogen) atoms. The molecule has 2 aliphatic rings. The standard InChI is InChI=1S/C13H14O3/c14-12-13(6-11(13)8-16-12)9-15-7-10-4-2-1-3-5-10/h1-5,11H,6-9H2. The quantitative estimate of drug-likeness (QED) is 0.722. The van der Waals surface area contributed by atoms with Crippen LogP contribution in [0.5, 0.6) is 0 Å².